The quantitative estimate of drug-likeness (QED) is 0.183. The van der Waals surface area contributed by atoms with E-state index in [1.165, 1.54) is 0 Å². The Morgan fingerprint density at radius 3 is 2.36 bits per heavy atom. The Kier molecular flexibility index (Phi) is 11.3. The van der Waals surface area contributed by atoms with Gasteiger partial charge < -0.3 is 20.7 Å². The van der Waals surface area contributed by atoms with Crippen LogP contribution in [-0.2, 0) is 11.4 Å². The number of rotatable bonds is 4. The molecule has 0 aliphatic rings. The fourth-order valence-corrected chi connectivity index (χ4v) is 2.24. The number of amidine groups is 1. The minimum Gasteiger partial charge on any atom is -0.598 e. The summed E-state index contributed by atoms with van der Waals surface area (Å²) in [6.07, 6.45) is 0. The lowest BCUT2D eigenvalue weighted by Gasteiger charge is -2.26. The second kappa shape index (κ2) is 10.7. The average Bonchev–Trinajstić information content (AvgIpc) is 2.47. The Labute approximate surface area is 140 Å². The molecule has 0 amide bonds. The number of benzene rings is 1. The first-order chi connectivity index (χ1) is 9.75. The first-order valence-electron chi connectivity index (χ1n) is 6.27. The standard InChI is InChI=1S/C13H21N3O2S.ClH.H3NO/c1-9(16-19(18)13(2,3)4)10-6-5-7-11(8-10)12(14)15-17;;1-2/h5-9,16-17H,1-4H3,(H2,14,15);1H;2H,1H2. The van der Waals surface area contributed by atoms with E-state index in [1.807, 2.05) is 45.9 Å². The summed E-state index contributed by atoms with van der Waals surface area (Å²) in [5, 5.41) is 18.1. The lowest BCUT2D eigenvalue weighted by Crippen LogP contribution is -2.40. The highest BCUT2D eigenvalue weighted by Gasteiger charge is 2.28. The van der Waals surface area contributed by atoms with Crippen LogP contribution in [0.3, 0.4) is 0 Å². The third-order valence-electron chi connectivity index (χ3n) is 2.63. The van der Waals surface area contributed by atoms with Gasteiger partial charge in [-0.3, -0.25) is 0 Å². The van der Waals surface area contributed by atoms with Crippen molar-refractivity contribution in [3.8, 4) is 0 Å². The average molecular weight is 353 g/mol. The fourth-order valence-electron chi connectivity index (χ4n) is 1.43. The van der Waals surface area contributed by atoms with Crippen molar-refractivity contribution >= 4 is 29.6 Å². The minimum atomic E-state index is -1.15. The van der Waals surface area contributed by atoms with Gasteiger partial charge in [-0.2, -0.15) is 0 Å². The topological polar surface area (TPSA) is 140 Å². The molecular weight excluding hydrogens is 328 g/mol. The molecule has 9 heteroatoms. The molecule has 0 saturated heterocycles. The van der Waals surface area contributed by atoms with Crippen molar-refractivity contribution in [1.29, 1.82) is 0 Å². The Balaban J connectivity index is 0. The highest BCUT2D eigenvalue weighted by molar-refractivity contribution is 7.90. The predicted octanol–water partition coefficient (Wildman–Crippen LogP) is 1.65. The van der Waals surface area contributed by atoms with Crippen molar-refractivity contribution in [2.45, 2.75) is 38.5 Å². The summed E-state index contributed by atoms with van der Waals surface area (Å²) in [4.78, 5) is 0. The van der Waals surface area contributed by atoms with Crippen molar-refractivity contribution in [2.75, 3.05) is 0 Å². The summed E-state index contributed by atoms with van der Waals surface area (Å²) in [7, 11) is 0. The van der Waals surface area contributed by atoms with Gasteiger partial charge in [-0.1, -0.05) is 23.4 Å². The zero-order chi connectivity index (χ0) is 16.6. The molecule has 0 aromatic heterocycles. The molecule has 0 spiro atoms. The summed E-state index contributed by atoms with van der Waals surface area (Å²) < 4.78 is 14.8. The van der Waals surface area contributed by atoms with Gasteiger partial charge in [-0.15, -0.1) is 17.1 Å². The molecule has 0 radical (unpaired) electrons. The van der Waals surface area contributed by atoms with Gasteiger partial charge in [0.05, 0.1) is 6.04 Å². The number of hydrogen-bond acceptors (Lipinski definition) is 6. The summed E-state index contributed by atoms with van der Waals surface area (Å²) in [6.45, 7) is 7.66. The van der Waals surface area contributed by atoms with Gasteiger partial charge >= 0.3 is 0 Å². The molecule has 7 nitrogen and oxygen atoms in total. The third-order valence-corrected chi connectivity index (χ3v) is 4.31. The summed E-state index contributed by atoms with van der Waals surface area (Å²) in [6, 6.07) is 7.21. The van der Waals surface area contributed by atoms with Crippen LogP contribution >= 0.6 is 12.4 Å². The van der Waals surface area contributed by atoms with Crippen LogP contribution in [0.25, 0.3) is 0 Å². The van der Waals surface area contributed by atoms with E-state index in [1.54, 1.807) is 6.07 Å². The second-order valence-electron chi connectivity index (χ2n) is 5.33. The normalized spacial score (nSPS) is 14.2. The monoisotopic (exact) mass is 352 g/mol. The lowest BCUT2D eigenvalue weighted by molar-refractivity contribution is 0.311. The summed E-state index contributed by atoms with van der Waals surface area (Å²) in [5.41, 5.74) is 7.12. The van der Waals surface area contributed by atoms with E-state index in [4.69, 9.17) is 16.1 Å². The number of hydrogen-bond donors (Lipinski definition) is 5. The van der Waals surface area contributed by atoms with Crippen molar-refractivity contribution in [3.63, 3.8) is 0 Å². The Morgan fingerprint density at radius 1 is 1.36 bits per heavy atom. The zero-order valence-corrected chi connectivity index (χ0v) is 14.7. The summed E-state index contributed by atoms with van der Waals surface area (Å²) >= 11 is -1.15. The van der Waals surface area contributed by atoms with E-state index >= 15 is 0 Å². The van der Waals surface area contributed by atoms with Crippen molar-refractivity contribution in [2.24, 2.45) is 16.8 Å². The molecule has 0 aliphatic carbocycles. The lowest BCUT2D eigenvalue weighted by atomic mass is 10.1. The van der Waals surface area contributed by atoms with E-state index < -0.39 is 11.4 Å². The predicted molar refractivity (Wildman–Crippen MR) is 91.6 cm³/mol. The van der Waals surface area contributed by atoms with Gasteiger partial charge in [0.15, 0.2) is 5.84 Å². The SMILES string of the molecule is CC(N[S+]([O-])C(C)(C)C)c1cccc(C(N)=NO)c1.Cl.NO. The van der Waals surface area contributed by atoms with Crippen LogP contribution in [0, 0.1) is 0 Å². The molecule has 0 aliphatic heterocycles. The molecule has 2 atom stereocenters. The van der Waals surface area contributed by atoms with Crippen LogP contribution in [0.2, 0.25) is 0 Å². The van der Waals surface area contributed by atoms with Gasteiger partial charge in [0.1, 0.15) is 4.75 Å². The molecule has 0 heterocycles. The van der Waals surface area contributed by atoms with Crippen molar-refractivity contribution < 1.29 is 15.0 Å². The second-order valence-corrected chi connectivity index (χ2v) is 7.33. The molecule has 1 aromatic carbocycles. The number of nitrogens with two attached hydrogens (primary N) is 2. The summed E-state index contributed by atoms with van der Waals surface area (Å²) in [5.74, 6) is 3.56. The largest absolute Gasteiger partial charge is 0.598 e. The highest BCUT2D eigenvalue weighted by Crippen LogP contribution is 2.20. The maximum atomic E-state index is 12.0. The number of nitrogens with one attached hydrogen (secondary N) is 1. The number of halogens is 1. The smallest absolute Gasteiger partial charge is 0.170 e. The molecule has 7 N–H and O–H groups in total. The van der Waals surface area contributed by atoms with Gasteiger partial charge in [0, 0.05) is 16.9 Å². The Bertz CT molecular complexity index is 469. The molecule has 0 bridgehead atoms. The maximum absolute atomic E-state index is 12.0. The molecule has 22 heavy (non-hydrogen) atoms. The van der Waals surface area contributed by atoms with E-state index in [-0.39, 0.29) is 29.0 Å². The van der Waals surface area contributed by atoms with Crippen LogP contribution in [0.4, 0.5) is 0 Å². The molecule has 1 aromatic rings. The minimum absolute atomic E-state index is 0. The van der Waals surface area contributed by atoms with E-state index in [9.17, 15) is 4.55 Å². The van der Waals surface area contributed by atoms with E-state index in [2.05, 4.69) is 15.8 Å². The van der Waals surface area contributed by atoms with Crippen molar-refractivity contribution in [1.82, 2.24) is 4.72 Å². The number of oxime groups is 1. The fraction of sp³-hybridized carbons (Fsp3) is 0.462. The maximum Gasteiger partial charge on any atom is 0.170 e. The molecule has 0 fully saturated rings. The van der Waals surface area contributed by atoms with Crippen LogP contribution in [0.15, 0.2) is 29.4 Å². The van der Waals surface area contributed by atoms with Crippen LogP contribution in [0.1, 0.15) is 44.9 Å². The van der Waals surface area contributed by atoms with Crippen LogP contribution in [-0.4, -0.2) is 25.5 Å². The molecule has 2 unspecified atom stereocenters. The van der Waals surface area contributed by atoms with E-state index in [0.717, 1.165) is 5.56 Å². The van der Waals surface area contributed by atoms with Gasteiger partial charge in [0.2, 0.25) is 0 Å². The number of nitrogens with zero attached hydrogens (tertiary/aromatic N) is 1. The van der Waals surface area contributed by atoms with Gasteiger partial charge in [-0.05, 0) is 39.3 Å². The first kappa shape index (κ1) is 23.2. The van der Waals surface area contributed by atoms with Crippen LogP contribution < -0.4 is 16.4 Å². The van der Waals surface area contributed by atoms with Gasteiger partial charge in [0.25, 0.3) is 0 Å². The van der Waals surface area contributed by atoms with E-state index in [0.29, 0.717) is 5.56 Å². The molecular formula is C13H25ClN4O3S. The highest BCUT2D eigenvalue weighted by atomic mass is 35.5. The molecule has 1 rings (SSSR count). The Hall–Kier alpha value is -1.03. The van der Waals surface area contributed by atoms with Crippen LogP contribution in [0.5, 0.6) is 0 Å². The zero-order valence-electron chi connectivity index (χ0n) is 13.1. The first-order valence-corrected chi connectivity index (χ1v) is 7.42. The third kappa shape index (κ3) is 7.30. The van der Waals surface area contributed by atoms with Crippen molar-refractivity contribution in [3.05, 3.63) is 35.4 Å². The molecule has 128 valence electrons. The Morgan fingerprint density at radius 2 is 1.91 bits per heavy atom. The molecule has 0 saturated carbocycles. The van der Waals surface area contributed by atoms with Gasteiger partial charge in [-0.25, -0.2) is 5.90 Å².